The number of alkyl halides is 3. The highest BCUT2D eigenvalue weighted by Gasteiger charge is 2.37. The fraction of sp³-hybridized carbons (Fsp3) is 0.211. The third-order valence-corrected chi connectivity index (χ3v) is 5.20. The van der Waals surface area contributed by atoms with Crippen molar-refractivity contribution in [1.82, 2.24) is 4.90 Å². The number of nitrogens with zero attached hydrogens (tertiary/aromatic N) is 2. The number of halogens is 3. The van der Waals surface area contributed by atoms with Gasteiger partial charge in [0.15, 0.2) is 5.17 Å². The lowest BCUT2D eigenvalue weighted by atomic mass is 10.2. The molecular weight excluding hydrogens is 391 g/mol. The van der Waals surface area contributed by atoms with Gasteiger partial charge in [-0.3, -0.25) is 14.5 Å². The molecule has 1 fully saturated rings. The zero-order valence-electron chi connectivity index (χ0n) is 14.7. The summed E-state index contributed by atoms with van der Waals surface area (Å²) in [7, 11) is 1.48. The first-order valence-corrected chi connectivity index (χ1v) is 9.17. The molecule has 146 valence electrons. The van der Waals surface area contributed by atoms with Gasteiger partial charge in [-0.15, -0.1) is 0 Å². The Bertz CT molecular complexity index is 916. The summed E-state index contributed by atoms with van der Waals surface area (Å²) in [6.45, 7) is 0. The van der Waals surface area contributed by atoms with E-state index in [0.717, 1.165) is 23.9 Å². The molecule has 1 aliphatic rings. The van der Waals surface area contributed by atoms with E-state index in [9.17, 15) is 22.8 Å². The summed E-state index contributed by atoms with van der Waals surface area (Å²) in [5, 5.41) is 2.27. The van der Waals surface area contributed by atoms with Crippen molar-refractivity contribution in [3.63, 3.8) is 0 Å². The quantitative estimate of drug-likeness (QED) is 0.822. The maximum absolute atomic E-state index is 12.8. The monoisotopic (exact) mass is 407 g/mol. The minimum Gasteiger partial charge on any atom is -0.326 e. The number of aliphatic imine (C=N–C) groups is 1. The number of hydrogen-bond acceptors (Lipinski definition) is 4. The normalized spacial score (nSPS) is 18.6. The number of rotatable bonds is 4. The molecule has 1 atom stereocenters. The summed E-state index contributed by atoms with van der Waals surface area (Å²) in [4.78, 5) is 30.0. The molecular formula is C19H16F3N3O2S. The van der Waals surface area contributed by atoms with Crippen LogP contribution in [0.2, 0.25) is 0 Å². The van der Waals surface area contributed by atoms with Crippen LogP contribution in [-0.2, 0) is 15.8 Å². The van der Waals surface area contributed by atoms with Crippen LogP contribution >= 0.6 is 11.8 Å². The Morgan fingerprint density at radius 2 is 1.89 bits per heavy atom. The van der Waals surface area contributed by atoms with Gasteiger partial charge in [-0.25, -0.2) is 4.99 Å². The van der Waals surface area contributed by atoms with E-state index < -0.39 is 17.0 Å². The molecule has 0 aliphatic carbocycles. The van der Waals surface area contributed by atoms with Gasteiger partial charge < -0.3 is 5.32 Å². The van der Waals surface area contributed by atoms with Gasteiger partial charge in [0, 0.05) is 19.2 Å². The number of benzene rings is 2. The molecule has 1 unspecified atom stereocenters. The fourth-order valence-corrected chi connectivity index (χ4v) is 3.72. The Labute approximate surface area is 163 Å². The Kier molecular flexibility index (Phi) is 5.73. The summed E-state index contributed by atoms with van der Waals surface area (Å²) in [5.41, 5.74) is -0.106. The van der Waals surface area contributed by atoms with Crippen molar-refractivity contribution >= 4 is 40.1 Å². The first kappa shape index (κ1) is 19.9. The molecule has 5 nitrogen and oxygen atoms in total. The number of carbonyl (C=O) groups is 2. The molecule has 3 rings (SSSR count). The zero-order chi connectivity index (χ0) is 20.3. The lowest BCUT2D eigenvalue weighted by Gasteiger charge is -2.10. The number of amides is 2. The van der Waals surface area contributed by atoms with Crippen molar-refractivity contribution < 1.29 is 22.8 Å². The van der Waals surface area contributed by atoms with Gasteiger partial charge in [0.05, 0.1) is 11.3 Å². The molecule has 0 bridgehead atoms. The van der Waals surface area contributed by atoms with Crippen molar-refractivity contribution in [1.29, 1.82) is 0 Å². The number of amidine groups is 1. The van der Waals surface area contributed by atoms with E-state index in [1.165, 1.54) is 24.1 Å². The van der Waals surface area contributed by atoms with Crippen LogP contribution in [0.3, 0.4) is 0 Å². The first-order valence-electron chi connectivity index (χ1n) is 8.29. The number of nitrogens with one attached hydrogen (secondary N) is 1. The van der Waals surface area contributed by atoms with Gasteiger partial charge in [-0.2, -0.15) is 13.2 Å². The van der Waals surface area contributed by atoms with E-state index in [2.05, 4.69) is 10.3 Å². The summed E-state index contributed by atoms with van der Waals surface area (Å²) in [6, 6.07) is 13.4. The van der Waals surface area contributed by atoms with Crippen LogP contribution in [0.25, 0.3) is 0 Å². The maximum Gasteiger partial charge on any atom is 0.416 e. The Morgan fingerprint density at radius 1 is 1.18 bits per heavy atom. The molecule has 2 aromatic carbocycles. The lowest BCUT2D eigenvalue weighted by Crippen LogP contribution is -2.30. The highest BCUT2D eigenvalue weighted by Crippen LogP contribution is 2.34. The number of anilines is 1. The summed E-state index contributed by atoms with van der Waals surface area (Å²) >= 11 is 1.06. The Morgan fingerprint density at radius 3 is 2.57 bits per heavy atom. The van der Waals surface area contributed by atoms with E-state index in [0.29, 0.717) is 5.69 Å². The third kappa shape index (κ3) is 4.72. The van der Waals surface area contributed by atoms with E-state index in [1.54, 1.807) is 24.3 Å². The average molecular weight is 407 g/mol. The molecule has 0 saturated carbocycles. The zero-order valence-corrected chi connectivity index (χ0v) is 15.6. The topological polar surface area (TPSA) is 61.8 Å². The van der Waals surface area contributed by atoms with Crippen molar-refractivity contribution in [3.8, 4) is 0 Å². The smallest absolute Gasteiger partial charge is 0.326 e. The molecule has 0 aromatic heterocycles. The van der Waals surface area contributed by atoms with E-state index >= 15 is 0 Å². The minimum atomic E-state index is -4.47. The Balaban J connectivity index is 1.71. The Hall–Kier alpha value is -2.81. The van der Waals surface area contributed by atoms with Gasteiger partial charge in [-0.1, -0.05) is 36.0 Å². The number of carbonyl (C=O) groups excluding carboxylic acids is 2. The van der Waals surface area contributed by atoms with Crippen LogP contribution in [0, 0.1) is 0 Å². The fourth-order valence-electron chi connectivity index (χ4n) is 2.56. The van der Waals surface area contributed by atoms with Crippen LogP contribution in [0.4, 0.5) is 24.5 Å². The highest BCUT2D eigenvalue weighted by atomic mass is 32.2. The minimum absolute atomic E-state index is 0.0651. The predicted molar refractivity (Wildman–Crippen MR) is 102 cm³/mol. The van der Waals surface area contributed by atoms with Crippen LogP contribution in [0.1, 0.15) is 12.0 Å². The summed E-state index contributed by atoms with van der Waals surface area (Å²) in [6.07, 6.45) is -4.54. The van der Waals surface area contributed by atoms with Crippen LogP contribution in [0.5, 0.6) is 0 Å². The lowest BCUT2D eigenvalue weighted by molar-refractivity contribution is -0.137. The van der Waals surface area contributed by atoms with Gasteiger partial charge in [0.1, 0.15) is 5.25 Å². The third-order valence-electron chi connectivity index (χ3n) is 3.97. The predicted octanol–water partition coefficient (Wildman–Crippen LogP) is 4.30. The number of hydrogen-bond donors (Lipinski definition) is 1. The van der Waals surface area contributed by atoms with Gasteiger partial charge in [0.2, 0.25) is 11.8 Å². The van der Waals surface area contributed by atoms with E-state index in [4.69, 9.17) is 0 Å². The number of para-hydroxylation sites is 1. The molecule has 0 spiro atoms. The molecule has 9 heteroatoms. The number of thioether (sulfide) groups is 1. The average Bonchev–Trinajstić information content (AvgIpc) is 2.90. The highest BCUT2D eigenvalue weighted by molar-refractivity contribution is 8.15. The van der Waals surface area contributed by atoms with Gasteiger partial charge in [0.25, 0.3) is 0 Å². The van der Waals surface area contributed by atoms with Crippen molar-refractivity contribution in [2.45, 2.75) is 17.8 Å². The second-order valence-electron chi connectivity index (χ2n) is 6.06. The van der Waals surface area contributed by atoms with E-state index in [-0.39, 0.29) is 29.1 Å². The summed E-state index contributed by atoms with van der Waals surface area (Å²) in [5.74, 6) is -0.648. The first-order chi connectivity index (χ1) is 13.2. The molecule has 2 aromatic rings. The van der Waals surface area contributed by atoms with Gasteiger partial charge in [-0.05, 0) is 30.3 Å². The second-order valence-corrected chi connectivity index (χ2v) is 7.23. The molecule has 1 N–H and O–H groups in total. The SMILES string of the molecule is CN1C(=O)C(CC(=O)Nc2ccccc2)SC1=Nc1cccc(C(F)(F)F)c1. The molecule has 2 amide bonds. The van der Waals surface area contributed by atoms with Crippen LogP contribution in [0.15, 0.2) is 59.6 Å². The maximum atomic E-state index is 12.8. The van der Waals surface area contributed by atoms with E-state index in [1.807, 2.05) is 6.07 Å². The second kappa shape index (κ2) is 8.05. The van der Waals surface area contributed by atoms with Crippen LogP contribution in [-0.4, -0.2) is 34.2 Å². The molecule has 28 heavy (non-hydrogen) atoms. The molecule has 1 aliphatic heterocycles. The van der Waals surface area contributed by atoms with Gasteiger partial charge >= 0.3 is 6.18 Å². The molecule has 1 saturated heterocycles. The molecule has 0 radical (unpaired) electrons. The van der Waals surface area contributed by atoms with Crippen molar-refractivity contribution in [2.75, 3.05) is 12.4 Å². The standard InChI is InChI=1S/C19H16F3N3O2S/c1-25-17(27)15(11-16(26)23-13-7-3-2-4-8-13)28-18(25)24-14-9-5-6-12(10-14)19(20,21)22/h2-10,15H,11H2,1H3,(H,23,26). The summed E-state index contributed by atoms with van der Waals surface area (Å²) < 4.78 is 38.5. The van der Waals surface area contributed by atoms with Crippen molar-refractivity contribution in [3.05, 3.63) is 60.2 Å². The largest absolute Gasteiger partial charge is 0.416 e. The van der Waals surface area contributed by atoms with Crippen molar-refractivity contribution in [2.24, 2.45) is 4.99 Å². The molecule has 1 heterocycles. The van der Waals surface area contributed by atoms with Crippen LogP contribution < -0.4 is 5.32 Å².